The number of hydrogen-bond donors (Lipinski definition) is 1. The van der Waals surface area contributed by atoms with E-state index < -0.39 is 0 Å². The van der Waals surface area contributed by atoms with Crippen LogP contribution in [-0.4, -0.2) is 36.1 Å². The molecular formula is C17H29N3S. The second-order valence-electron chi connectivity index (χ2n) is 7.99. The fourth-order valence-electron chi connectivity index (χ4n) is 3.78. The minimum absolute atomic E-state index is 0.180. The maximum atomic E-state index is 4.87. The Kier molecular flexibility index (Phi) is 4.40. The Morgan fingerprint density at radius 3 is 2.81 bits per heavy atom. The fraction of sp³-hybridized carbons (Fsp3) is 0.824. The molecule has 0 aromatic carbocycles. The number of hydrogen-bond acceptors (Lipinski definition) is 4. The van der Waals surface area contributed by atoms with Crippen molar-refractivity contribution in [3.05, 3.63) is 16.1 Å². The fourth-order valence-corrected chi connectivity index (χ4v) is 4.68. The summed E-state index contributed by atoms with van der Waals surface area (Å²) in [6, 6.07) is 0. The lowest BCUT2D eigenvalue weighted by molar-refractivity contribution is 0.0594. The van der Waals surface area contributed by atoms with E-state index in [1.165, 1.54) is 62.6 Å². The maximum absolute atomic E-state index is 4.87. The van der Waals surface area contributed by atoms with E-state index in [1.54, 1.807) is 0 Å². The van der Waals surface area contributed by atoms with Crippen molar-refractivity contribution in [2.75, 3.05) is 26.2 Å². The molecule has 3 heterocycles. The van der Waals surface area contributed by atoms with Gasteiger partial charge in [-0.2, -0.15) is 0 Å². The van der Waals surface area contributed by atoms with Crippen LogP contribution < -0.4 is 5.32 Å². The molecule has 2 aliphatic rings. The number of likely N-dealkylation sites (tertiary alicyclic amines) is 1. The van der Waals surface area contributed by atoms with Crippen molar-refractivity contribution in [2.24, 2.45) is 5.41 Å². The standard InChI is InChI=1S/C17H29N3S/c1-16(2,3)15-19-14(11-21-15)10-20-9-5-7-17(13-20)6-4-8-18-12-17/h11,18H,4-10,12-13H2,1-3H3. The highest BCUT2D eigenvalue weighted by Gasteiger charge is 2.36. The summed E-state index contributed by atoms with van der Waals surface area (Å²) in [5, 5.41) is 7.15. The molecule has 21 heavy (non-hydrogen) atoms. The molecule has 2 fully saturated rings. The van der Waals surface area contributed by atoms with E-state index in [0.717, 1.165) is 6.54 Å². The van der Waals surface area contributed by atoms with Crippen LogP contribution in [0, 0.1) is 5.41 Å². The number of piperidine rings is 2. The summed E-state index contributed by atoms with van der Waals surface area (Å²) in [5.41, 5.74) is 1.99. The molecule has 118 valence electrons. The first-order valence-electron chi connectivity index (χ1n) is 8.35. The van der Waals surface area contributed by atoms with Crippen LogP contribution in [0.5, 0.6) is 0 Å². The molecule has 1 atom stereocenters. The van der Waals surface area contributed by atoms with Crippen LogP contribution in [0.15, 0.2) is 5.38 Å². The van der Waals surface area contributed by atoms with Gasteiger partial charge in [-0.1, -0.05) is 20.8 Å². The lowest BCUT2D eigenvalue weighted by atomic mass is 9.74. The van der Waals surface area contributed by atoms with Crippen LogP contribution in [0.25, 0.3) is 0 Å². The first-order chi connectivity index (χ1) is 9.97. The minimum atomic E-state index is 0.180. The predicted octanol–water partition coefficient (Wildman–Crippen LogP) is 3.41. The largest absolute Gasteiger partial charge is 0.316 e. The second-order valence-corrected chi connectivity index (χ2v) is 8.85. The highest BCUT2D eigenvalue weighted by molar-refractivity contribution is 7.09. The topological polar surface area (TPSA) is 28.2 Å². The average molecular weight is 308 g/mol. The Hall–Kier alpha value is -0.450. The van der Waals surface area contributed by atoms with E-state index in [4.69, 9.17) is 4.98 Å². The first-order valence-corrected chi connectivity index (χ1v) is 9.23. The highest BCUT2D eigenvalue weighted by atomic mass is 32.1. The SMILES string of the molecule is CC(C)(C)c1nc(CN2CCCC3(CCCNC3)C2)cs1. The molecule has 1 aromatic heterocycles. The van der Waals surface area contributed by atoms with Gasteiger partial charge in [-0.05, 0) is 44.2 Å². The quantitative estimate of drug-likeness (QED) is 0.907. The molecule has 0 amide bonds. The molecule has 2 saturated heterocycles. The van der Waals surface area contributed by atoms with E-state index >= 15 is 0 Å². The highest BCUT2D eigenvalue weighted by Crippen LogP contribution is 2.36. The normalized spacial score (nSPS) is 28.1. The van der Waals surface area contributed by atoms with Gasteiger partial charge in [0, 0.05) is 30.4 Å². The average Bonchev–Trinajstić information content (AvgIpc) is 2.88. The van der Waals surface area contributed by atoms with Gasteiger partial charge >= 0.3 is 0 Å². The zero-order valence-corrected chi connectivity index (χ0v) is 14.6. The molecule has 0 aliphatic carbocycles. The molecule has 1 unspecified atom stereocenters. The van der Waals surface area contributed by atoms with Crippen molar-refractivity contribution in [3.63, 3.8) is 0 Å². The van der Waals surface area contributed by atoms with Crippen LogP contribution >= 0.6 is 11.3 Å². The summed E-state index contributed by atoms with van der Waals surface area (Å²) in [4.78, 5) is 7.51. The summed E-state index contributed by atoms with van der Waals surface area (Å²) >= 11 is 1.82. The summed E-state index contributed by atoms with van der Waals surface area (Å²) in [6.07, 6.45) is 5.50. The zero-order valence-electron chi connectivity index (χ0n) is 13.7. The van der Waals surface area contributed by atoms with Gasteiger partial charge in [0.05, 0.1) is 10.7 Å². The van der Waals surface area contributed by atoms with Crippen LogP contribution in [-0.2, 0) is 12.0 Å². The second kappa shape index (κ2) is 5.98. The molecule has 1 N–H and O–H groups in total. The van der Waals surface area contributed by atoms with Crippen molar-refractivity contribution in [1.29, 1.82) is 0 Å². The summed E-state index contributed by atoms with van der Waals surface area (Å²) in [5.74, 6) is 0. The van der Waals surface area contributed by atoms with Gasteiger partial charge in [0.1, 0.15) is 0 Å². The van der Waals surface area contributed by atoms with E-state index in [9.17, 15) is 0 Å². The van der Waals surface area contributed by atoms with E-state index in [-0.39, 0.29) is 5.41 Å². The summed E-state index contributed by atoms with van der Waals surface area (Å²) < 4.78 is 0. The number of thiazole rings is 1. The van der Waals surface area contributed by atoms with Crippen LogP contribution in [0.1, 0.15) is 57.2 Å². The van der Waals surface area contributed by atoms with E-state index in [1.807, 2.05) is 11.3 Å². The lowest BCUT2D eigenvalue weighted by Crippen LogP contribution is -2.50. The van der Waals surface area contributed by atoms with Gasteiger partial charge in [-0.3, -0.25) is 4.90 Å². The Balaban J connectivity index is 1.63. The number of nitrogens with one attached hydrogen (secondary N) is 1. The van der Waals surface area contributed by atoms with Crippen molar-refractivity contribution < 1.29 is 0 Å². The third kappa shape index (κ3) is 3.66. The van der Waals surface area contributed by atoms with Crippen molar-refractivity contribution in [1.82, 2.24) is 15.2 Å². The summed E-state index contributed by atoms with van der Waals surface area (Å²) in [7, 11) is 0. The Morgan fingerprint density at radius 1 is 1.33 bits per heavy atom. The van der Waals surface area contributed by atoms with Gasteiger partial charge < -0.3 is 5.32 Å². The number of rotatable bonds is 2. The third-order valence-corrected chi connectivity index (χ3v) is 6.20. The van der Waals surface area contributed by atoms with Crippen LogP contribution in [0.4, 0.5) is 0 Å². The Morgan fingerprint density at radius 2 is 2.14 bits per heavy atom. The zero-order chi connectivity index (χ0) is 14.9. The van der Waals surface area contributed by atoms with Gasteiger partial charge in [0.25, 0.3) is 0 Å². The first kappa shape index (κ1) is 15.4. The predicted molar refractivity (Wildman–Crippen MR) is 89.9 cm³/mol. The smallest absolute Gasteiger partial charge is 0.0982 e. The summed E-state index contributed by atoms with van der Waals surface area (Å²) in [6.45, 7) is 12.7. The van der Waals surface area contributed by atoms with E-state index in [0.29, 0.717) is 5.41 Å². The van der Waals surface area contributed by atoms with Gasteiger partial charge in [0.2, 0.25) is 0 Å². The van der Waals surface area contributed by atoms with Crippen LogP contribution in [0.3, 0.4) is 0 Å². The molecule has 2 aliphatic heterocycles. The molecule has 0 radical (unpaired) electrons. The van der Waals surface area contributed by atoms with Crippen LogP contribution in [0.2, 0.25) is 0 Å². The monoisotopic (exact) mass is 307 g/mol. The van der Waals surface area contributed by atoms with Crippen molar-refractivity contribution >= 4 is 11.3 Å². The molecule has 3 rings (SSSR count). The molecule has 1 spiro atoms. The molecule has 0 saturated carbocycles. The number of aromatic nitrogens is 1. The van der Waals surface area contributed by atoms with Gasteiger partial charge in [-0.15, -0.1) is 11.3 Å². The molecular weight excluding hydrogens is 278 g/mol. The van der Waals surface area contributed by atoms with Gasteiger partial charge in [0.15, 0.2) is 0 Å². The van der Waals surface area contributed by atoms with Gasteiger partial charge in [-0.25, -0.2) is 4.98 Å². The van der Waals surface area contributed by atoms with E-state index in [2.05, 4.69) is 36.4 Å². The lowest BCUT2D eigenvalue weighted by Gasteiger charge is -2.45. The third-order valence-electron chi connectivity index (χ3n) is 4.88. The van der Waals surface area contributed by atoms with Crippen molar-refractivity contribution in [2.45, 2.75) is 58.4 Å². The molecule has 0 bridgehead atoms. The maximum Gasteiger partial charge on any atom is 0.0982 e. The van der Waals surface area contributed by atoms with Crippen molar-refractivity contribution in [3.8, 4) is 0 Å². The number of nitrogens with zero attached hydrogens (tertiary/aromatic N) is 2. The Labute approximate surface area is 133 Å². The minimum Gasteiger partial charge on any atom is -0.316 e. The molecule has 3 nitrogen and oxygen atoms in total. The molecule has 1 aromatic rings. The Bertz CT molecular complexity index is 463. The molecule has 4 heteroatoms.